The van der Waals surface area contributed by atoms with Gasteiger partial charge in [0.05, 0.1) is 10.8 Å². The van der Waals surface area contributed by atoms with Crippen LogP contribution in [-0.2, 0) is 10.8 Å². The van der Waals surface area contributed by atoms with Crippen molar-refractivity contribution in [3.8, 4) is 11.1 Å². The Kier molecular flexibility index (Phi) is 4.49. The smallest absolute Gasteiger partial charge is 0.355 e. The molecule has 9 heteroatoms. The monoisotopic (exact) mass is 381 g/mol. The molecule has 1 atom stereocenters. The Morgan fingerprint density at radius 1 is 1.21 bits per heavy atom. The maximum atomic E-state index is 11.6. The first kappa shape index (κ1) is 16.8. The second-order valence-corrected chi connectivity index (χ2v) is 6.89. The molecule has 1 unspecified atom stereocenters. The molecule has 0 aliphatic rings. The summed E-state index contributed by atoms with van der Waals surface area (Å²) < 4.78 is 11.5. The van der Waals surface area contributed by atoms with Gasteiger partial charge >= 0.3 is 5.97 Å². The number of hydrogen-bond acceptors (Lipinski definition) is 5. The molecular formula is C15H9Cl2N3O3S. The molecule has 2 heterocycles. The highest BCUT2D eigenvalue weighted by Gasteiger charge is 2.20. The summed E-state index contributed by atoms with van der Waals surface area (Å²) in [5.41, 5.74) is 0.527. The SMILES string of the molecule is CS(=O)c1ncc2cc(-c3c(Cl)cccc3Cl)c(C(=O)O)nc2n1. The average molecular weight is 382 g/mol. The lowest BCUT2D eigenvalue weighted by atomic mass is 10.0. The number of fused-ring (bicyclic) bond motifs is 1. The van der Waals surface area contributed by atoms with Gasteiger partial charge in [-0.05, 0) is 18.2 Å². The van der Waals surface area contributed by atoms with Crippen molar-refractivity contribution in [2.24, 2.45) is 0 Å². The van der Waals surface area contributed by atoms with E-state index in [0.29, 0.717) is 21.0 Å². The first-order valence-corrected chi connectivity index (χ1v) is 8.89. The number of nitrogens with zero attached hydrogens (tertiary/aromatic N) is 3. The van der Waals surface area contributed by atoms with Gasteiger partial charge in [0, 0.05) is 39.0 Å². The molecule has 24 heavy (non-hydrogen) atoms. The van der Waals surface area contributed by atoms with Crippen molar-refractivity contribution in [2.45, 2.75) is 5.16 Å². The number of carbonyl (C=O) groups is 1. The number of aromatic nitrogens is 3. The van der Waals surface area contributed by atoms with Crippen LogP contribution in [0.15, 0.2) is 35.6 Å². The van der Waals surface area contributed by atoms with Crippen LogP contribution < -0.4 is 0 Å². The summed E-state index contributed by atoms with van der Waals surface area (Å²) in [5, 5.41) is 10.7. The molecule has 0 amide bonds. The van der Waals surface area contributed by atoms with Crippen LogP contribution in [0.3, 0.4) is 0 Å². The zero-order chi connectivity index (χ0) is 17.4. The molecule has 0 aliphatic carbocycles. The molecule has 3 rings (SSSR count). The summed E-state index contributed by atoms with van der Waals surface area (Å²) in [6, 6.07) is 6.44. The average Bonchev–Trinajstić information content (AvgIpc) is 2.53. The molecule has 0 fully saturated rings. The van der Waals surface area contributed by atoms with E-state index in [0.717, 1.165) is 0 Å². The summed E-state index contributed by atoms with van der Waals surface area (Å²) in [7, 11) is -1.40. The number of benzene rings is 1. The Hall–Kier alpha value is -2.09. The van der Waals surface area contributed by atoms with E-state index in [1.807, 2.05) is 0 Å². The van der Waals surface area contributed by atoms with Crippen LogP contribution in [0.2, 0.25) is 10.0 Å². The molecule has 3 aromatic rings. The van der Waals surface area contributed by atoms with Crippen molar-refractivity contribution in [2.75, 3.05) is 6.26 Å². The van der Waals surface area contributed by atoms with Crippen molar-refractivity contribution in [3.63, 3.8) is 0 Å². The van der Waals surface area contributed by atoms with E-state index in [4.69, 9.17) is 23.2 Å². The van der Waals surface area contributed by atoms with E-state index >= 15 is 0 Å². The van der Waals surface area contributed by atoms with E-state index in [2.05, 4.69) is 15.0 Å². The van der Waals surface area contributed by atoms with Crippen molar-refractivity contribution in [1.82, 2.24) is 15.0 Å². The largest absolute Gasteiger partial charge is 0.476 e. The predicted octanol–water partition coefficient (Wildman–Crippen LogP) is 3.43. The highest BCUT2D eigenvalue weighted by molar-refractivity contribution is 7.84. The zero-order valence-corrected chi connectivity index (χ0v) is 14.5. The molecule has 2 aromatic heterocycles. The van der Waals surface area contributed by atoms with Crippen LogP contribution >= 0.6 is 23.2 Å². The first-order chi connectivity index (χ1) is 11.4. The van der Waals surface area contributed by atoms with E-state index < -0.39 is 16.8 Å². The third kappa shape index (κ3) is 2.98. The molecule has 0 bridgehead atoms. The number of pyridine rings is 1. The third-order valence-electron chi connectivity index (χ3n) is 3.24. The lowest BCUT2D eigenvalue weighted by Gasteiger charge is -2.11. The Bertz CT molecular complexity index is 990. The Morgan fingerprint density at radius 3 is 2.46 bits per heavy atom. The summed E-state index contributed by atoms with van der Waals surface area (Å²) in [6.45, 7) is 0. The molecule has 1 N–H and O–H groups in total. The molecule has 0 aliphatic heterocycles. The van der Waals surface area contributed by atoms with Gasteiger partial charge in [0.1, 0.15) is 0 Å². The van der Waals surface area contributed by atoms with Gasteiger partial charge in [-0.15, -0.1) is 0 Å². The summed E-state index contributed by atoms with van der Waals surface area (Å²) >= 11 is 12.4. The Morgan fingerprint density at radius 2 is 1.88 bits per heavy atom. The molecule has 122 valence electrons. The molecule has 1 aromatic carbocycles. The van der Waals surface area contributed by atoms with Crippen molar-refractivity contribution < 1.29 is 14.1 Å². The maximum Gasteiger partial charge on any atom is 0.355 e. The van der Waals surface area contributed by atoms with Crippen LogP contribution in [0.25, 0.3) is 22.2 Å². The van der Waals surface area contributed by atoms with E-state index in [-0.39, 0.29) is 22.1 Å². The highest BCUT2D eigenvalue weighted by Crippen LogP contribution is 2.37. The van der Waals surface area contributed by atoms with Gasteiger partial charge in [-0.1, -0.05) is 29.3 Å². The summed E-state index contributed by atoms with van der Waals surface area (Å²) in [4.78, 5) is 23.7. The third-order valence-corrected chi connectivity index (χ3v) is 4.58. The van der Waals surface area contributed by atoms with Gasteiger partial charge in [0.15, 0.2) is 11.3 Å². The van der Waals surface area contributed by atoms with Crippen molar-refractivity contribution in [1.29, 1.82) is 0 Å². The quantitative estimate of drug-likeness (QED) is 0.698. The summed E-state index contributed by atoms with van der Waals surface area (Å²) in [6.07, 6.45) is 2.86. The minimum atomic E-state index is -1.40. The fourth-order valence-corrected chi connectivity index (χ4v) is 3.21. The second-order valence-electron chi connectivity index (χ2n) is 4.81. The topological polar surface area (TPSA) is 93.0 Å². The van der Waals surface area contributed by atoms with Crippen molar-refractivity contribution in [3.05, 3.63) is 46.2 Å². The standard InChI is InChI=1S/C15H9Cl2N3O3S/c1-24(23)15-18-6-7-5-8(11-9(16)3-2-4-10(11)17)12(14(21)22)19-13(7)20-15/h2-6H,1H3,(H,21,22). The molecule has 6 nitrogen and oxygen atoms in total. The van der Waals surface area contributed by atoms with Crippen LogP contribution in [0.4, 0.5) is 0 Å². The van der Waals surface area contributed by atoms with Crippen LogP contribution in [-0.4, -0.2) is 36.5 Å². The van der Waals surface area contributed by atoms with Crippen molar-refractivity contribution >= 4 is 51.0 Å². The molecular weight excluding hydrogens is 373 g/mol. The van der Waals surface area contributed by atoms with Gasteiger partial charge in [0.25, 0.3) is 0 Å². The second kappa shape index (κ2) is 6.43. The fraction of sp³-hybridized carbons (Fsp3) is 0.0667. The van der Waals surface area contributed by atoms with Crippen LogP contribution in [0.1, 0.15) is 10.5 Å². The van der Waals surface area contributed by atoms with E-state index in [1.54, 1.807) is 24.3 Å². The lowest BCUT2D eigenvalue weighted by molar-refractivity contribution is 0.0692. The number of rotatable bonds is 3. The molecule has 0 saturated heterocycles. The van der Waals surface area contributed by atoms with E-state index in [1.165, 1.54) is 12.5 Å². The van der Waals surface area contributed by atoms with Crippen LogP contribution in [0, 0.1) is 0 Å². The first-order valence-electron chi connectivity index (χ1n) is 6.57. The fourth-order valence-electron chi connectivity index (χ4n) is 2.20. The predicted molar refractivity (Wildman–Crippen MR) is 92.1 cm³/mol. The van der Waals surface area contributed by atoms with Gasteiger partial charge in [0.2, 0.25) is 5.16 Å². The maximum absolute atomic E-state index is 11.6. The molecule has 0 saturated carbocycles. The van der Waals surface area contributed by atoms with Gasteiger partial charge in [-0.3, -0.25) is 4.21 Å². The number of carboxylic acid groups (broad SMARTS) is 1. The number of carboxylic acids is 1. The Labute approximate surface area is 148 Å². The van der Waals surface area contributed by atoms with Crippen LogP contribution in [0.5, 0.6) is 0 Å². The van der Waals surface area contributed by atoms with Gasteiger partial charge in [-0.25, -0.2) is 19.7 Å². The molecule has 0 spiro atoms. The number of aromatic carboxylic acids is 1. The number of hydrogen-bond donors (Lipinski definition) is 1. The zero-order valence-electron chi connectivity index (χ0n) is 12.2. The van der Waals surface area contributed by atoms with Gasteiger partial charge in [-0.2, -0.15) is 0 Å². The minimum Gasteiger partial charge on any atom is -0.476 e. The minimum absolute atomic E-state index is 0.0786. The molecule has 0 radical (unpaired) electrons. The number of halogens is 2. The summed E-state index contributed by atoms with van der Waals surface area (Å²) in [5.74, 6) is -1.25. The lowest BCUT2D eigenvalue weighted by Crippen LogP contribution is -2.06. The highest BCUT2D eigenvalue weighted by atomic mass is 35.5. The van der Waals surface area contributed by atoms with E-state index in [9.17, 15) is 14.1 Å². The normalized spacial score (nSPS) is 12.3. The van der Waals surface area contributed by atoms with Gasteiger partial charge < -0.3 is 5.11 Å². The Balaban J connectivity index is 2.36.